The molecule has 0 radical (unpaired) electrons. The van der Waals surface area contributed by atoms with Crippen LogP contribution < -0.4 is 5.32 Å². The van der Waals surface area contributed by atoms with Gasteiger partial charge in [0.25, 0.3) is 0 Å². The maximum absolute atomic E-state index is 8.96. The van der Waals surface area contributed by atoms with Crippen LogP contribution in [0.15, 0.2) is 34.9 Å². The lowest BCUT2D eigenvalue weighted by Crippen LogP contribution is -2.23. The highest BCUT2D eigenvalue weighted by atomic mass is 16.5. The number of rotatable bonds is 9. The van der Waals surface area contributed by atoms with Gasteiger partial charge in [0, 0.05) is 13.0 Å². The van der Waals surface area contributed by atoms with Crippen LogP contribution in [-0.4, -0.2) is 28.4 Å². The average Bonchev–Trinajstić information content (AvgIpc) is 2.95. The van der Waals surface area contributed by atoms with Gasteiger partial charge < -0.3 is 14.9 Å². The Kier molecular flexibility index (Phi) is 6.37. The molecule has 21 heavy (non-hydrogen) atoms. The second-order valence-corrected chi connectivity index (χ2v) is 5.18. The predicted molar refractivity (Wildman–Crippen MR) is 80.7 cm³/mol. The number of benzene rings is 1. The lowest BCUT2D eigenvalue weighted by Gasteiger charge is -2.12. The molecule has 1 aromatic carbocycles. The van der Waals surface area contributed by atoms with E-state index in [4.69, 9.17) is 9.63 Å². The molecule has 0 amide bonds. The number of nitrogens with one attached hydrogen (secondary N) is 1. The van der Waals surface area contributed by atoms with Gasteiger partial charge in [-0.25, -0.2) is 0 Å². The summed E-state index contributed by atoms with van der Waals surface area (Å²) in [4.78, 5) is 4.38. The molecule has 0 aliphatic heterocycles. The molecule has 0 bridgehead atoms. The van der Waals surface area contributed by atoms with Crippen LogP contribution in [0.25, 0.3) is 0 Å². The van der Waals surface area contributed by atoms with E-state index in [1.54, 1.807) is 0 Å². The summed E-state index contributed by atoms with van der Waals surface area (Å²) >= 11 is 0. The topological polar surface area (TPSA) is 71.2 Å². The Hall–Kier alpha value is -1.72. The summed E-state index contributed by atoms with van der Waals surface area (Å²) in [5.41, 5.74) is 1.17. The molecular formula is C16H23N3O2. The van der Waals surface area contributed by atoms with Gasteiger partial charge in [-0.1, -0.05) is 48.8 Å². The molecule has 0 aliphatic carbocycles. The lowest BCUT2D eigenvalue weighted by molar-refractivity contribution is 0.249. The Morgan fingerprint density at radius 1 is 1.29 bits per heavy atom. The van der Waals surface area contributed by atoms with Gasteiger partial charge in [0.1, 0.15) is 0 Å². The molecule has 1 atom stereocenters. The number of aromatic nitrogens is 2. The van der Waals surface area contributed by atoms with Gasteiger partial charge in [-0.05, 0) is 24.4 Å². The summed E-state index contributed by atoms with van der Waals surface area (Å²) in [6.07, 6.45) is 2.57. The summed E-state index contributed by atoms with van der Waals surface area (Å²) in [5, 5.41) is 16.3. The Bertz CT molecular complexity index is 513. The summed E-state index contributed by atoms with van der Waals surface area (Å²) in [7, 11) is 0. The molecule has 1 heterocycles. The second kappa shape index (κ2) is 8.54. The van der Waals surface area contributed by atoms with Gasteiger partial charge in [0.15, 0.2) is 5.82 Å². The Labute approximate surface area is 125 Å². The zero-order chi connectivity index (χ0) is 14.9. The first-order valence-corrected chi connectivity index (χ1v) is 7.48. The summed E-state index contributed by atoms with van der Waals surface area (Å²) in [6, 6.07) is 10.1. The van der Waals surface area contributed by atoms with E-state index in [0.717, 1.165) is 19.4 Å². The largest absolute Gasteiger partial charge is 0.396 e. The standard InChI is InChI=1S/C16H23N3O2/c1-2-13(8-9-20)11-17-12-16-18-15(19-21-16)10-14-6-4-3-5-7-14/h3-7,13,17,20H,2,8-12H2,1H3. The van der Waals surface area contributed by atoms with Crippen molar-refractivity contribution in [2.75, 3.05) is 13.2 Å². The van der Waals surface area contributed by atoms with Crippen molar-refractivity contribution in [1.29, 1.82) is 0 Å². The number of aliphatic hydroxyl groups is 1. The third-order valence-corrected chi connectivity index (χ3v) is 3.54. The van der Waals surface area contributed by atoms with Crippen molar-refractivity contribution in [2.45, 2.75) is 32.7 Å². The smallest absolute Gasteiger partial charge is 0.240 e. The molecule has 0 aliphatic rings. The van der Waals surface area contributed by atoms with Crippen LogP contribution in [0.5, 0.6) is 0 Å². The fourth-order valence-corrected chi connectivity index (χ4v) is 2.23. The Morgan fingerprint density at radius 2 is 2.10 bits per heavy atom. The first kappa shape index (κ1) is 15.7. The van der Waals surface area contributed by atoms with E-state index in [2.05, 4.69) is 34.5 Å². The number of hydrogen-bond acceptors (Lipinski definition) is 5. The number of hydrogen-bond donors (Lipinski definition) is 2. The average molecular weight is 289 g/mol. The molecule has 1 aromatic heterocycles. The fourth-order valence-electron chi connectivity index (χ4n) is 2.23. The maximum Gasteiger partial charge on any atom is 0.240 e. The monoisotopic (exact) mass is 289 g/mol. The molecular weight excluding hydrogens is 266 g/mol. The van der Waals surface area contributed by atoms with Crippen molar-refractivity contribution < 1.29 is 9.63 Å². The quantitative estimate of drug-likeness (QED) is 0.740. The van der Waals surface area contributed by atoms with Crippen molar-refractivity contribution in [1.82, 2.24) is 15.5 Å². The maximum atomic E-state index is 8.96. The minimum atomic E-state index is 0.238. The molecule has 2 N–H and O–H groups in total. The van der Waals surface area contributed by atoms with Gasteiger partial charge in [0.05, 0.1) is 6.54 Å². The lowest BCUT2D eigenvalue weighted by atomic mass is 10.0. The van der Waals surface area contributed by atoms with Crippen LogP contribution in [0, 0.1) is 5.92 Å². The van der Waals surface area contributed by atoms with Crippen LogP contribution in [-0.2, 0) is 13.0 Å². The van der Waals surface area contributed by atoms with Gasteiger partial charge in [-0.3, -0.25) is 0 Å². The van der Waals surface area contributed by atoms with E-state index in [9.17, 15) is 0 Å². The highest BCUT2D eigenvalue weighted by molar-refractivity contribution is 5.18. The Balaban J connectivity index is 1.78. The van der Waals surface area contributed by atoms with Crippen molar-refractivity contribution in [3.63, 3.8) is 0 Å². The van der Waals surface area contributed by atoms with E-state index < -0.39 is 0 Å². The summed E-state index contributed by atoms with van der Waals surface area (Å²) in [5.74, 6) is 1.81. The summed E-state index contributed by atoms with van der Waals surface area (Å²) in [6.45, 7) is 3.80. The molecule has 1 unspecified atom stereocenters. The molecule has 0 saturated carbocycles. The van der Waals surface area contributed by atoms with Gasteiger partial charge in [-0.2, -0.15) is 4.98 Å². The second-order valence-electron chi connectivity index (χ2n) is 5.18. The molecule has 0 saturated heterocycles. The van der Waals surface area contributed by atoms with E-state index in [1.807, 2.05) is 18.2 Å². The molecule has 114 valence electrons. The molecule has 5 nitrogen and oxygen atoms in total. The van der Waals surface area contributed by atoms with Crippen LogP contribution in [0.2, 0.25) is 0 Å². The minimum absolute atomic E-state index is 0.238. The van der Waals surface area contributed by atoms with Gasteiger partial charge >= 0.3 is 0 Å². The highest BCUT2D eigenvalue weighted by Crippen LogP contribution is 2.08. The van der Waals surface area contributed by atoms with Crippen LogP contribution in [0.1, 0.15) is 37.0 Å². The van der Waals surface area contributed by atoms with Crippen molar-refractivity contribution in [3.05, 3.63) is 47.6 Å². The third kappa shape index (κ3) is 5.28. The van der Waals surface area contributed by atoms with Crippen molar-refractivity contribution >= 4 is 0 Å². The number of nitrogens with zero attached hydrogens (tertiary/aromatic N) is 2. The molecule has 2 aromatic rings. The molecule has 5 heteroatoms. The van der Waals surface area contributed by atoms with Crippen LogP contribution >= 0.6 is 0 Å². The van der Waals surface area contributed by atoms with E-state index in [1.165, 1.54) is 5.56 Å². The normalized spacial score (nSPS) is 12.5. The predicted octanol–water partition coefficient (Wildman–Crippen LogP) is 2.16. The fraction of sp³-hybridized carbons (Fsp3) is 0.500. The van der Waals surface area contributed by atoms with Crippen molar-refractivity contribution in [2.24, 2.45) is 5.92 Å². The van der Waals surface area contributed by atoms with Gasteiger partial charge in [-0.15, -0.1) is 0 Å². The van der Waals surface area contributed by atoms with E-state index in [-0.39, 0.29) is 6.61 Å². The first-order chi connectivity index (χ1) is 10.3. The van der Waals surface area contributed by atoms with Crippen LogP contribution in [0.4, 0.5) is 0 Å². The zero-order valence-corrected chi connectivity index (χ0v) is 12.5. The molecule has 0 spiro atoms. The minimum Gasteiger partial charge on any atom is -0.396 e. The molecule has 0 fully saturated rings. The third-order valence-electron chi connectivity index (χ3n) is 3.54. The molecule has 2 rings (SSSR count). The summed E-state index contributed by atoms with van der Waals surface area (Å²) < 4.78 is 5.24. The zero-order valence-electron chi connectivity index (χ0n) is 12.5. The van der Waals surface area contributed by atoms with E-state index >= 15 is 0 Å². The van der Waals surface area contributed by atoms with E-state index in [0.29, 0.717) is 30.6 Å². The van der Waals surface area contributed by atoms with Crippen LogP contribution in [0.3, 0.4) is 0 Å². The van der Waals surface area contributed by atoms with Gasteiger partial charge in [0.2, 0.25) is 5.89 Å². The SMILES string of the molecule is CCC(CCO)CNCc1nc(Cc2ccccc2)no1. The van der Waals surface area contributed by atoms with Crippen molar-refractivity contribution in [3.8, 4) is 0 Å². The Morgan fingerprint density at radius 3 is 2.81 bits per heavy atom. The highest BCUT2D eigenvalue weighted by Gasteiger charge is 2.09. The first-order valence-electron chi connectivity index (χ1n) is 7.48. The number of aliphatic hydroxyl groups excluding tert-OH is 1.